The molecule has 3 aromatic carbocycles. The van der Waals surface area contributed by atoms with Crippen molar-refractivity contribution in [2.24, 2.45) is 7.05 Å². The van der Waals surface area contributed by atoms with Gasteiger partial charge in [0, 0.05) is 14.1 Å². The number of hydrogen-bond donors (Lipinski definition) is 0. The second-order valence-electron chi connectivity index (χ2n) is 8.30. The Morgan fingerprint density at radius 2 is 1.64 bits per heavy atom. The summed E-state index contributed by atoms with van der Waals surface area (Å²) in [5.74, 6) is 0.655. The Kier molecular flexibility index (Phi) is 5.97. The van der Waals surface area contributed by atoms with Crippen molar-refractivity contribution in [2.75, 3.05) is 19.1 Å². The van der Waals surface area contributed by atoms with Crippen molar-refractivity contribution < 1.29 is 9.15 Å². The van der Waals surface area contributed by atoms with Crippen LogP contribution in [0.15, 0.2) is 88.1 Å². The number of aromatic nitrogens is 3. The summed E-state index contributed by atoms with van der Waals surface area (Å²) in [6.07, 6.45) is 0. The second kappa shape index (κ2) is 9.39. The molecule has 1 unspecified atom stereocenters. The highest BCUT2D eigenvalue weighted by Crippen LogP contribution is 2.34. The van der Waals surface area contributed by atoms with Crippen LogP contribution in [0.5, 0.6) is 5.75 Å². The number of nitriles is 1. The standard InChI is InChI=1S/C28H23N5O3/c1-32(24(19-9-5-4-6-10-19)20-15-13-18(17-29)14-16-20)28-31-23(25(35-3)27(34)33(28)2)26-30-21-11-7-8-12-22(21)36-26/h4-16,24H,1-3H3. The quantitative estimate of drug-likeness (QED) is 0.350. The van der Waals surface area contributed by atoms with Crippen LogP contribution < -0.4 is 15.2 Å². The van der Waals surface area contributed by atoms with E-state index in [0.717, 1.165) is 11.1 Å². The van der Waals surface area contributed by atoms with E-state index < -0.39 is 0 Å². The molecule has 1 atom stereocenters. The average Bonchev–Trinajstić information content (AvgIpc) is 3.35. The Morgan fingerprint density at radius 1 is 0.972 bits per heavy atom. The number of hydrogen-bond acceptors (Lipinski definition) is 7. The SMILES string of the molecule is COc1c(-c2nc3ccccc3o2)nc(N(C)C(c2ccccc2)c2ccc(C#N)cc2)n(C)c1=O. The van der Waals surface area contributed by atoms with Crippen LogP contribution in [0.3, 0.4) is 0 Å². The van der Waals surface area contributed by atoms with Crippen molar-refractivity contribution >= 4 is 17.0 Å². The van der Waals surface area contributed by atoms with E-state index in [0.29, 0.717) is 22.6 Å². The van der Waals surface area contributed by atoms with Gasteiger partial charge in [-0.1, -0.05) is 54.6 Å². The molecule has 8 heteroatoms. The number of benzene rings is 3. The Morgan fingerprint density at radius 3 is 2.31 bits per heavy atom. The van der Waals surface area contributed by atoms with E-state index in [2.05, 4.69) is 11.1 Å². The molecule has 2 heterocycles. The number of rotatable bonds is 6. The maximum absolute atomic E-state index is 13.4. The summed E-state index contributed by atoms with van der Waals surface area (Å²) in [6, 6.07) is 26.5. The topological polar surface area (TPSA) is 97.2 Å². The summed E-state index contributed by atoms with van der Waals surface area (Å²) in [5.41, 5.74) is 3.62. The minimum atomic E-state index is -0.363. The lowest BCUT2D eigenvalue weighted by Crippen LogP contribution is -2.33. The normalized spacial score (nSPS) is 11.7. The summed E-state index contributed by atoms with van der Waals surface area (Å²) >= 11 is 0. The van der Waals surface area contributed by atoms with E-state index in [1.807, 2.05) is 78.7 Å². The lowest BCUT2D eigenvalue weighted by Gasteiger charge is -2.31. The molecule has 2 aromatic heterocycles. The number of ether oxygens (including phenoxy) is 1. The van der Waals surface area contributed by atoms with Crippen molar-refractivity contribution in [1.29, 1.82) is 5.26 Å². The van der Waals surface area contributed by atoms with Gasteiger partial charge in [-0.2, -0.15) is 5.26 Å². The predicted octanol–water partition coefficient (Wildman–Crippen LogP) is 4.69. The van der Waals surface area contributed by atoms with Gasteiger partial charge in [-0.3, -0.25) is 9.36 Å². The van der Waals surface area contributed by atoms with Crippen LogP contribution in [0.25, 0.3) is 22.7 Å². The average molecular weight is 478 g/mol. The van der Waals surface area contributed by atoms with Gasteiger partial charge in [0.15, 0.2) is 11.3 Å². The van der Waals surface area contributed by atoms with Gasteiger partial charge in [0.25, 0.3) is 11.4 Å². The zero-order chi connectivity index (χ0) is 25.2. The smallest absolute Gasteiger partial charge is 0.297 e. The molecule has 0 amide bonds. The van der Waals surface area contributed by atoms with Crippen LogP contribution in [-0.2, 0) is 7.05 Å². The summed E-state index contributed by atoms with van der Waals surface area (Å²) in [4.78, 5) is 24.7. The molecule has 0 aliphatic carbocycles. The van der Waals surface area contributed by atoms with Crippen LogP contribution >= 0.6 is 0 Å². The van der Waals surface area contributed by atoms with Gasteiger partial charge in [0.05, 0.1) is 24.8 Å². The van der Waals surface area contributed by atoms with Crippen LogP contribution in [0, 0.1) is 11.3 Å². The summed E-state index contributed by atoms with van der Waals surface area (Å²) in [7, 11) is 4.96. The molecule has 36 heavy (non-hydrogen) atoms. The van der Waals surface area contributed by atoms with Gasteiger partial charge < -0.3 is 14.1 Å². The van der Waals surface area contributed by atoms with Gasteiger partial charge >= 0.3 is 0 Å². The lowest BCUT2D eigenvalue weighted by atomic mass is 9.97. The predicted molar refractivity (Wildman–Crippen MR) is 137 cm³/mol. The first kappa shape index (κ1) is 22.9. The van der Waals surface area contributed by atoms with Gasteiger partial charge in [-0.25, -0.2) is 9.97 Å². The van der Waals surface area contributed by atoms with Gasteiger partial charge in [0.2, 0.25) is 11.7 Å². The molecule has 5 rings (SSSR count). The Hall–Kier alpha value is -4.90. The highest BCUT2D eigenvalue weighted by molar-refractivity contribution is 5.76. The monoisotopic (exact) mass is 477 g/mol. The molecule has 0 saturated carbocycles. The number of nitrogens with zero attached hydrogens (tertiary/aromatic N) is 5. The van der Waals surface area contributed by atoms with Crippen molar-refractivity contribution in [3.05, 3.63) is 106 Å². The van der Waals surface area contributed by atoms with E-state index in [9.17, 15) is 10.1 Å². The van der Waals surface area contributed by atoms with Crippen LogP contribution in [0.4, 0.5) is 5.95 Å². The molecule has 0 aliphatic heterocycles. The minimum Gasteiger partial charge on any atom is -0.489 e. The van der Waals surface area contributed by atoms with Crippen molar-refractivity contribution in [3.63, 3.8) is 0 Å². The molecule has 0 fully saturated rings. The number of fused-ring (bicyclic) bond motifs is 1. The summed E-state index contributed by atoms with van der Waals surface area (Å²) in [6.45, 7) is 0. The van der Waals surface area contributed by atoms with E-state index in [1.165, 1.54) is 11.7 Å². The van der Waals surface area contributed by atoms with E-state index in [4.69, 9.17) is 14.1 Å². The minimum absolute atomic E-state index is 0.0517. The van der Waals surface area contributed by atoms with Crippen molar-refractivity contribution in [3.8, 4) is 23.4 Å². The maximum atomic E-state index is 13.4. The number of oxazole rings is 1. The molecule has 5 aromatic rings. The molecule has 8 nitrogen and oxygen atoms in total. The molecule has 0 saturated heterocycles. The maximum Gasteiger partial charge on any atom is 0.297 e. The number of methoxy groups -OCH3 is 1. The van der Waals surface area contributed by atoms with Crippen LogP contribution in [0.2, 0.25) is 0 Å². The van der Waals surface area contributed by atoms with E-state index >= 15 is 0 Å². The third-order valence-corrected chi connectivity index (χ3v) is 6.10. The largest absolute Gasteiger partial charge is 0.489 e. The first-order chi connectivity index (χ1) is 17.5. The molecule has 0 radical (unpaired) electrons. The lowest BCUT2D eigenvalue weighted by molar-refractivity contribution is 0.401. The van der Waals surface area contributed by atoms with Gasteiger partial charge in [0.1, 0.15) is 5.52 Å². The summed E-state index contributed by atoms with van der Waals surface area (Å²) in [5, 5.41) is 9.24. The fourth-order valence-electron chi connectivity index (χ4n) is 4.32. The molecular formula is C28H23N5O3. The fraction of sp³-hybridized carbons (Fsp3) is 0.143. The fourth-order valence-corrected chi connectivity index (χ4v) is 4.32. The van der Waals surface area contributed by atoms with Crippen molar-refractivity contribution in [1.82, 2.24) is 14.5 Å². The number of anilines is 1. The first-order valence-corrected chi connectivity index (χ1v) is 11.3. The Balaban J connectivity index is 1.69. The zero-order valence-corrected chi connectivity index (χ0v) is 20.0. The zero-order valence-electron chi connectivity index (χ0n) is 20.0. The van der Waals surface area contributed by atoms with Crippen molar-refractivity contribution in [2.45, 2.75) is 6.04 Å². The number of para-hydroxylation sites is 2. The Bertz CT molecular complexity index is 1600. The Labute approximate surface area is 207 Å². The first-order valence-electron chi connectivity index (χ1n) is 11.3. The highest BCUT2D eigenvalue weighted by Gasteiger charge is 2.27. The van der Waals surface area contributed by atoms with E-state index in [-0.39, 0.29) is 28.9 Å². The van der Waals surface area contributed by atoms with Crippen LogP contribution in [0.1, 0.15) is 22.7 Å². The van der Waals surface area contributed by atoms with Gasteiger partial charge in [-0.15, -0.1) is 0 Å². The van der Waals surface area contributed by atoms with Crippen LogP contribution in [-0.4, -0.2) is 28.7 Å². The van der Waals surface area contributed by atoms with E-state index in [1.54, 1.807) is 19.2 Å². The third kappa shape index (κ3) is 3.97. The molecular weight excluding hydrogens is 454 g/mol. The molecule has 0 aliphatic rings. The highest BCUT2D eigenvalue weighted by atomic mass is 16.5. The van der Waals surface area contributed by atoms with Gasteiger partial charge in [-0.05, 0) is 35.4 Å². The molecule has 0 N–H and O–H groups in total. The second-order valence-corrected chi connectivity index (χ2v) is 8.30. The summed E-state index contributed by atoms with van der Waals surface area (Å²) < 4.78 is 12.8. The molecule has 0 spiro atoms. The molecule has 178 valence electrons. The third-order valence-electron chi connectivity index (χ3n) is 6.10. The molecule has 0 bridgehead atoms.